The number of nitrogens with one attached hydrogen (secondary N) is 1. The van der Waals surface area contributed by atoms with E-state index in [4.69, 9.17) is 22.2 Å². The lowest BCUT2D eigenvalue weighted by Gasteiger charge is -2.10. The minimum Gasteiger partial charge on any atom is -0.448 e. The predicted molar refractivity (Wildman–Crippen MR) is 80.1 cm³/mol. The summed E-state index contributed by atoms with van der Waals surface area (Å²) in [7, 11) is 0. The molecule has 0 amide bonds. The van der Waals surface area contributed by atoms with E-state index in [-0.39, 0.29) is 17.1 Å². The normalized spacial score (nSPS) is 10.2. The van der Waals surface area contributed by atoms with Gasteiger partial charge >= 0.3 is 5.69 Å². The van der Waals surface area contributed by atoms with Gasteiger partial charge in [-0.25, -0.2) is 0 Å². The van der Waals surface area contributed by atoms with Crippen molar-refractivity contribution in [2.45, 2.75) is 0 Å². The Labute approximate surface area is 127 Å². The molecule has 0 saturated heterocycles. The molecule has 0 radical (unpaired) electrons. The minimum atomic E-state index is -0.573. The molecule has 0 bridgehead atoms. The third-order valence-electron chi connectivity index (χ3n) is 2.45. The Kier molecular flexibility index (Phi) is 4.43. The zero-order valence-electron chi connectivity index (χ0n) is 9.97. The third-order valence-corrected chi connectivity index (χ3v) is 3.26. The van der Waals surface area contributed by atoms with Crippen molar-refractivity contribution in [1.82, 2.24) is 0 Å². The average molecular weight is 359 g/mol. The number of halogens is 2. The molecule has 3 N–H and O–H groups in total. The number of nitrogens with zero attached hydrogens (tertiary/aromatic N) is 1. The van der Waals surface area contributed by atoms with Crippen LogP contribution >= 0.6 is 27.5 Å². The average Bonchev–Trinajstić information content (AvgIpc) is 2.42. The molecule has 0 atom stereocenters. The van der Waals surface area contributed by atoms with E-state index in [0.29, 0.717) is 10.8 Å². The highest BCUT2D eigenvalue weighted by molar-refractivity contribution is 9.10. The van der Waals surface area contributed by atoms with Crippen molar-refractivity contribution in [1.29, 1.82) is 0 Å². The number of hydrogen-bond donors (Lipinski definition) is 2. The van der Waals surface area contributed by atoms with Crippen molar-refractivity contribution in [2.24, 2.45) is 5.84 Å². The second-order valence-corrected chi connectivity index (χ2v) is 5.05. The van der Waals surface area contributed by atoms with Gasteiger partial charge in [0.1, 0.15) is 11.4 Å². The summed E-state index contributed by atoms with van der Waals surface area (Å²) < 4.78 is 6.27. The van der Waals surface area contributed by atoms with Crippen molar-refractivity contribution in [3.8, 4) is 11.5 Å². The van der Waals surface area contributed by atoms with E-state index in [1.54, 1.807) is 24.3 Å². The first-order valence-electron chi connectivity index (χ1n) is 5.40. The number of nitro benzene ring substituents is 1. The number of nitro groups is 1. The molecule has 104 valence electrons. The van der Waals surface area contributed by atoms with Crippen LogP contribution in [0.4, 0.5) is 11.4 Å². The molecule has 2 aromatic carbocycles. The van der Waals surface area contributed by atoms with Crippen molar-refractivity contribution in [3.05, 3.63) is 56.0 Å². The monoisotopic (exact) mass is 357 g/mol. The molecular weight excluding hydrogens is 350 g/mol. The zero-order valence-corrected chi connectivity index (χ0v) is 12.3. The molecule has 0 unspecified atom stereocenters. The van der Waals surface area contributed by atoms with Crippen LogP contribution in [0.25, 0.3) is 0 Å². The third kappa shape index (κ3) is 3.01. The SMILES string of the molecule is NNc1cccc(Oc2cc(Br)ccc2Cl)c1[N+](=O)[O-]. The molecular formula is C12H9BrClN3O3. The topological polar surface area (TPSA) is 90.4 Å². The number of rotatable bonds is 4. The molecule has 0 aliphatic heterocycles. The largest absolute Gasteiger partial charge is 0.448 e. The Morgan fingerprint density at radius 3 is 2.70 bits per heavy atom. The summed E-state index contributed by atoms with van der Waals surface area (Å²) >= 11 is 9.28. The Morgan fingerprint density at radius 2 is 2.05 bits per heavy atom. The summed E-state index contributed by atoms with van der Waals surface area (Å²) in [6, 6.07) is 9.51. The highest BCUT2D eigenvalue weighted by atomic mass is 79.9. The molecule has 0 aliphatic rings. The van der Waals surface area contributed by atoms with E-state index in [1.807, 2.05) is 0 Å². The number of nitrogen functional groups attached to an aromatic ring is 1. The molecule has 2 rings (SSSR count). The van der Waals surface area contributed by atoms with Crippen molar-refractivity contribution in [2.75, 3.05) is 5.43 Å². The van der Waals surface area contributed by atoms with Gasteiger partial charge in [0.05, 0.1) is 9.95 Å². The Hall–Kier alpha value is -1.83. The fraction of sp³-hybridized carbons (Fsp3) is 0. The van der Waals surface area contributed by atoms with Crippen molar-refractivity contribution >= 4 is 38.9 Å². The van der Waals surface area contributed by atoms with Gasteiger partial charge in [-0.1, -0.05) is 33.6 Å². The van der Waals surface area contributed by atoms with Gasteiger partial charge in [-0.15, -0.1) is 0 Å². The minimum absolute atomic E-state index is 0.0467. The maximum Gasteiger partial charge on any atom is 0.335 e. The van der Waals surface area contributed by atoms with Gasteiger partial charge in [-0.05, 0) is 30.3 Å². The first-order chi connectivity index (χ1) is 9.52. The standard InChI is InChI=1S/C12H9BrClN3O3/c13-7-4-5-8(14)11(6-7)20-10-3-1-2-9(16-15)12(10)17(18)19/h1-6,16H,15H2. The summed E-state index contributed by atoms with van der Waals surface area (Å²) in [5, 5.41) is 11.5. The number of benzene rings is 2. The maximum atomic E-state index is 11.1. The first-order valence-corrected chi connectivity index (χ1v) is 6.57. The van der Waals surface area contributed by atoms with Crippen LogP contribution in [-0.4, -0.2) is 4.92 Å². The summed E-state index contributed by atoms with van der Waals surface area (Å²) in [6.07, 6.45) is 0. The van der Waals surface area contributed by atoms with E-state index >= 15 is 0 Å². The van der Waals surface area contributed by atoms with Crippen LogP contribution in [0.3, 0.4) is 0 Å². The second kappa shape index (κ2) is 6.08. The van der Waals surface area contributed by atoms with E-state index < -0.39 is 4.92 Å². The first kappa shape index (κ1) is 14.6. The second-order valence-electron chi connectivity index (χ2n) is 3.73. The molecule has 6 nitrogen and oxygen atoms in total. The zero-order chi connectivity index (χ0) is 14.7. The Morgan fingerprint density at radius 1 is 1.30 bits per heavy atom. The summed E-state index contributed by atoms with van der Waals surface area (Å²) in [5.74, 6) is 5.61. The summed E-state index contributed by atoms with van der Waals surface area (Å²) in [4.78, 5) is 10.6. The lowest BCUT2D eigenvalue weighted by molar-refractivity contribution is -0.384. The number of para-hydroxylation sites is 1. The van der Waals surface area contributed by atoms with Gasteiger partial charge in [0.15, 0.2) is 0 Å². The van der Waals surface area contributed by atoms with E-state index in [0.717, 1.165) is 4.47 Å². The summed E-state index contributed by atoms with van der Waals surface area (Å²) in [6.45, 7) is 0. The highest BCUT2D eigenvalue weighted by Gasteiger charge is 2.21. The fourth-order valence-electron chi connectivity index (χ4n) is 1.58. The Bertz CT molecular complexity index is 666. The van der Waals surface area contributed by atoms with Crippen LogP contribution < -0.4 is 16.0 Å². The molecule has 8 heteroatoms. The van der Waals surface area contributed by atoms with Gasteiger partial charge < -0.3 is 10.2 Å². The van der Waals surface area contributed by atoms with Crippen LogP contribution in [0.2, 0.25) is 5.02 Å². The van der Waals surface area contributed by atoms with Crippen molar-refractivity contribution < 1.29 is 9.66 Å². The van der Waals surface area contributed by atoms with Crippen molar-refractivity contribution in [3.63, 3.8) is 0 Å². The van der Waals surface area contributed by atoms with Crippen LogP contribution in [0.15, 0.2) is 40.9 Å². The molecule has 2 aromatic rings. The summed E-state index contributed by atoms with van der Waals surface area (Å²) in [5.41, 5.74) is 2.16. The smallest absolute Gasteiger partial charge is 0.335 e. The van der Waals surface area contributed by atoms with Gasteiger partial charge in [-0.2, -0.15) is 0 Å². The molecule has 0 aromatic heterocycles. The fourth-order valence-corrected chi connectivity index (χ4v) is 2.08. The molecule has 0 heterocycles. The molecule has 0 aliphatic carbocycles. The van der Waals surface area contributed by atoms with Crippen LogP contribution in [0, 0.1) is 10.1 Å². The van der Waals surface area contributed by atoms with E-state index in [2.05, 4.69) is 21.4 Å². The van der Waals surface area contributed by atoms with Crippen LogP contribution in [0.1, 0.15) is 0 Å². The molecule has 0 saturated carbocycles. The maximum absolute atomic E-state index is 11.1. The van der Waals surface area contributed by atoms with Crippen LogP contribution in [0.5, 0.6) is 11.5 Å². The number of hydrazine groups is 1. The number of anilines is 1. The van der Waals surface area contributed by atoms with E-state index in [9.17, 15) is 10.1 Å². The lowest BCUT2D eigenvalue weighted by atomic mass is 10.2. The Balaban J connectivity index is 2.48. The predicted octanol–water partition coefficient (Wildman–Crippen LogP) is 4.09. The molecule has 0 fully saturated rings. The lowest BCUT2D eigenvalue weighted by Crippen LogP contribution is -2.09. The quantitative estimate of drug-likeness (QED) is 0.488. The van der Waals surface area contributed by atoms with Gasteiger partial charge in [-0.3, -0.25) is 16.0 Å². The van der Waals surface area contributed by atoms with Crippen LogP contribution in [-0.2, 0) is 0 Å². The van der Waals surface area contributed by atoms with E-state index in [1.165, 1.54) is 12.1 Å². The van der Waals surface area contributed by atoms with Gasteiger partial charge in [0, 0.05) is 4.47 Å². The number of nitrogens with two attached hydrogens (primary N) is 1. The van der Waals surface area contributed by atoms with Gasteiger partial charge in [0.2, 0.25) is 5.75 Å². The highest BCUT2D eigenvalue weighted by Crippen LogP contribution is 2.39. The van der Waals surface area contributed by atoms with Gasteiger partial charge in [0.25, 0.3) is 0 Å². The molecule has 0 spiro atoms. The molecule has 20 heavy (non-hydrogen) atoms. The number of ether oxygens (including phenoxy) is 1. The number of hydrogen-bond acceptors (Lipinski definition) is 5.